The van der Waals surface area contributed by atoms with Gasteiger partial charge in [0.1, 0.15) is 0 Å². The molecule has 0 spiro atoms. The number of nitrogens with two attached hydrogens (primary N) is 1. The van der Waals surface area contributed by atoms with Gasteiger partial charge in [-0.1, -0.05) is 18.2 Å². The van der Waals surface area contributed by atoms with E-state index in [-0.39, 0.29) is 24.3 Å². The molecule has 0 aliphatic heterocycles. The second-order valence-corrected chi connectivity index (χ2v) is 5.94. The summed E-state index contributed by atoms with van der Waals surface area (Å²) in [4.78, 5) is 26.4. The lowest BCUT2D eigenvalue weighted by atomic mass is 10.2. The quantitative estimate of drug-likeness (QED) is 0.643. The van der Waals surface area contributed by atoms with Crippen molar-refractivity contribution in [2.45, 2.75) is 6.61 Å². The third-order valence-electron chi connectivity index (χ3n) is 3.68. The molecule has 3 rings (SSSR count). The van der Waals surface area contributed by atoms with Crippen molar-refractivity contribution in [1.29, 1.82) is 0 Å². The molecule has 2 aromatic carbocycles. The van der Waals surface area contributed by atoms with Crippen LogP contribution in [0.5, 0.6) is 0 Å². The average molecular weight is 364 g/mol. The van der Waals surface area contributed by atoms with E-state index < -0.39 is 5.97 Å². The molecule has 0 unspecified atom stereocenters. The summed E-state index contributed by atoms with van der Waals surface area (Å²) in [7, 11) is 3.86. The number of hydrogen-bond donors (Lipinski definition) is 2. The highest BCUT2D eigenvalue weighted by molar-refractivity contribution is 5.89. The highest BCUT2D eigenvalue weighted by Gasteiger charge is 2.11. The number of carbonyl (C=O) groups excluding carboxylic acids is 1. The molecule has 8 nitrogen and oxygen atoms in total. The summed E-state index contributed by atoms with van der Waals surface area (Å²) in [6, 6.07) is 16.5. The van der Waals surface area contributed by atoms with Gasteiger partial charge in [0.05, 0.1) is 5.56 Å². The van der Waals surface area contributed by atoms with E-state index in [9.17, 15) is 4.79 Å². The van der Waals surface area contributed by atoms with Crippen LogP contribution in [0, 0.1) is 0 Å². The first-order chi connectivity index (χ1) is 13.0. The van der Waals surface area contributed by atoms with Crippen molar-refractivity contribution in [3.8, 4) is 0 Å². The number of benzene rings is 2. The van der Waals surface area contributed by atoms with Crippen molar-refractivity contribution in [3.05, 3.63) is 66.0 Å². The third kappa shape index (κ3) is 4.91. The van der Waals surface area contributed by atoms with E-state index in [0.717, 1.165) is 11.4 Å². The SMILES string of the molecule is CN(C)c1ccc(C(=O)OCc2nc(N)nc(Nc3ccccc3)n2)cc1. The minimum Gasteiger partial charge on any atom is -0.454 e. The maximum Gasteiger partial charge on any atom is 0.338 e. The van der Waals surface area contributed by atoms with Gasteiger partial charge in [-0.15, -0.1) is 0 Å². The van der Waals surface area contributed by atoms with Gasteiger partial charge in [0.25, 0.3) is 0 Å². The smallest absolute Gasteiger partial charge is 0.338 e. The van der Waals surface area contributed by atoms with E-state index in [4.69, 9.17) is 10.5 Å². The van der Waals surface area contributed by atoms with Crippen LogP contribution in [0.2, 0.25) is 0 Å². The normalized spacial score (nSPS) is 10.3. The van der Waals surface area contributed by atoms with E-state index >= 15 is 0 Å². The standard InChI is InChI=1S/C19H20N6O2/c1-25(2)15-10-8-13(9-11-15)17(26)27-12-16-22-18(20)24-19(23-16)21-14-6-4-3-5-7-14/h3-11H,12H2,1-2H3,(H3,20,21,22,23,24). The molecule has 0 bridgehead atoms. The van der Waals surface area contributed by atoms with Gasteiger partial charge in [-0.3, -0.25) is 0 Å². The van der Waals surface area contributed by atoms with Crippen LogP contribution in [0.15, 0.2) is 54.6 Å². The highest BCUT2D eigenvalue weighted by Crippen LogP contribution is 2.15. The number of carbonyl (C=O) groups is 1. The maximum atomic E-state index is 12.2. The Labute approximate surface area is 157 Å². The number of ether oxygens (including phenoxy) is 1. The van der Waals surface area contributed by atoms with Crippen LogP contribution in [-0.2, 0) is 11.3 Å². The van der Waals surface area contributed by atoms with Crippen LogP contribution in [-0.4, -0.2) is 35.0 Å². The van der Waals surface area contributed by atoms with E-state index in [1.807, 2.05) is 61.5 Å². The summed E-state index contributed by atoms with van der Waals surface area (Å²) in [6.07, 6.45) is 0. The van der Waals surface area contributed by atoms with Crippen molar-refractivity contribution in [2.24, 2.45) is 0 Å². The summed E-state index contributed by atoms with van der Waals surface area (Å²) in [6.45, 7) is -0.107. The minimum atomic E-state index is -0.461. The molecule has 27 heavy (non-hydrogen) atoms. The van der Waals surface area contributed by atoms with Crippen LogP contribution in [0.25, 0.3) is 0 Å². The fourth-order valence-electron chi connectivity index (χ4n) is 2.32. The number of para-hydroxylation sites is 1. The van der Waals surface area contributed by atoms with Crippen molar-refractivity contribution < 1.29 is 9.53 Å². The number of nitrogen functional groups attached to an aromatic ring is 1. The fourth-order valence-corrected chi connectivity index (χ4v) is 2.32. The number of hydrogen-bond acceptors (Lipinski definition) is 8. The number of esters is 1. The molecule has 0 saturated carbocycles. The molecule has 1 heterocycles. The summed E-state index contributed by atoms with van der Waals surface area (Å²) in [5, 5.41) is 3.03. The Bertz CT molecular complexity index is 913. The molecule has 3 aromatic rings. The van der Waals surface area contributed by atoms with Crippen LogP contribution < -0.4 is 16.0 Å². The van der Waals surface area contributed by atoms with Crippen LogP contribution in [0.1, 0.15) is 16.2 Å². The molecular formula is C19H20N6O2. The number of nitrogens with zero attached hydrogens (tertiary/aromatic N) is 4. The number of aromatic nitrogens is 3. The Kier molecular flexibility index (Phi) is 5.46. The molecule has 0 saturated heterocycles. The lowest BCUT2D eigenvalue weighted by molar-refractivity contribution is 0.0462. The summed E-state index contributed by atoms with van der Waals surface area (Å²) < 4.78 is 5.29. The molecule has 0 aliphatic rings. The zero-order valence-corrected chi connectivity index (χ0v) is 15.1. The van der Waals surface area contributed by atoms with Gasteiger partial charge in [-0.25, -0.2) is 4.79 Å². The van der Waals surface area contributed by atoms with E-state index in [2.05, 4.69) is 20.3 Å². The molecule has 8 heteroatoms. The van der Waals surface area contributed by atoms with Gasteiger partial charge in [0.2, 0.25) is 11.9 Å². The zero-order chi connectivity index (χ0) is 19.2. The van der Waals surface area contributed by atoms with Crippen LogP contribution in [0.4, 0.5) is 23.3 Å². The molecular weight excluding hydrogens is 344 g/mol. The first-order valence-electron chi connectivity index (χ1n) is 8.28. The summed E-state index contributed by atoms with van der Waals surface area (Å²) >= 11 is 0. The Morgan fingerprint density at radius 1 is 1.04 bits per heavy atom. The van der Waals surface area contributed by atoms with E-state index in [1.165, 1.54) is 0 Å². The molecule has 0 radical (unpaired) electrons. The second kappa shape index (κ2) is 8.13. The Hall–Kier alpha value is -3.68. The lowest BCUT2D eigenvalue weighted by Crippen LogP contribution is -2.12. The van der Waals surface area contributed by atoms with Gasteiger partial charge >= 0.3 is 5.97 Å². The van der Waals surface area contributed by atoms with E-state index in [1.54, 1.807) is 12.1 Å². The van der Waals surface area contributed by atoms with Crippen LogP contribution in [0.3, 0.4) is 0 Å². The number of rotatable bonds is 6. The summed E-state index contributed by atoms with van der Waals surface area (Å²) in [5.41, 5.74) is 7.98. The first kappa shape index (κ1) is 18.1. The zero-order valence-electron chi connectivity index (χ0n) is 15.1. The molecule has 138 valence electrons. The predicted molar refractivity (Wildman–Crippen MR) is 104 cm³/mol. The molecule has 0 amide bonds. The van der Waals surface area contributed by atoms with Gasteiger partial charge in [-0.2, -0.15) is 15.0 Å². The van der Waals surface area contributed by atoms with Gasteiger partial charge in [0, 0.05) is 25.5 Å². The number of nitrogens with one attached hydrogen (secondary N) is 1. The predicted octanol–water partition coefficient (Wildman–Crippen LogP) is 2.62. The Morgan fingerprint density at radius 3 is 2.41 bits per heavy atom. The van der Waals surface area contributed by atoms with Crippen molar-refractivity contribution in [2.75, 3.05) is 30.0 Å². The van der Waals surface area contributed by atoms with Crippen molar-refractivity contribution >= 4 is 29.2 Å². The lowest BCUT2D eigenvalue weighted by Gasteiger charge is -2.12. The molecule has 0 atom stereocenters. The van der Waals surface area contributed by atoms with Gasteiger partial charge < -0.3 is 20.7 Å². The van der Waals surface area contributed by atoms with Gasteiger partial charge in [-0.05, 0) is 36.4 Å². The fraction of sp³-hybridized carbons (Fsp3) is 0.158. The average Bonchev–Trinajstić information content (AvgIpc) is 2.66. The molecule has 0 aliphatic carbocycles. The number of anilines is 4. The minimum absolute atomic E-state index is 0.0461. The maximum absolute atomic E-state index is 12.2. The molecule has 3 N–H and O–H groups in total. The third-order valence-corrected chi connectivity index (χ3v) is 3.68. The molecule has 1 aromatic heterocycles. The monoisotopic (exact) mass is 364 g/mol. The molecule has 0 fully saturated rings. The Balaban J connectivity index is 1.65. The van der Waals surface area contributed by atoms with Crippen molar-refractivity contribution in [3.63, 3.8) is 0 Å². The van der Waals surface area contributed by atoms with Gasteiger partial charge in [0.15, 0.2) is 12.4 Å². The Morgan fingerprint density at radius 2 is 1.74 bits per heavy atom. The highest BCUT2D eigenvalue weighted by atomic mass is 16.5. The van der Waals surface area contributed by atoms with Crippen LogP contribution >= 0.6 is 0 Å². The second-order valence-electron chi connectivity index (χ2n) is 5.94. The summed E-state index contributed by atoms with van der Waals surface area (Å²) in [5.74, 6) is 0.135. The first-order valence-corrected chi connectivity index (χ1v) is 8.28. The van der Waals surface area contributed by atoms with Crippen molar-refractivity contribution in [1.82, 2.24) is 15.0 Å². The topological polar surface area (TPSA) is 106 Å². The van der Waals surface area contributed by atoms with E-state index in [0.29, 0.717) is 5.56 Å². The largest absolute Gasteiger partial charge is 0.454 e.